The number of anilines is 1. The third-order valence-corrected chi connectivity index (χ3v) is 2.60. The fourth-order valence-electron chi connectivity index (χ4n) is 1.85. The zero-order valence-corrected chi connectivity index (χ0v) is 11.5. The van der Waals surface area contributed by atoms with E-state index in [0.29, 0.717) is 6.54 Å². The topological polar surface area (TPSA) is 98.8 Å². The summed E-state index contributed by atoms with van der Waals surface area (Å²) in [5.41, 5.74) is 4.72. The Kier molecular flexibility index (Phi) is 4.74. The molecule has 5 N–H and O–H groups in total. The third kappa shape index (κ3) is 4.42. The van der Waals surface area contributed by atoms with Gasteiger partial charge in [-0.05, 0) is 33.2 Å². The number of rotatable bonds is 5. The number of phenolic OH excluding ortho intramolecular Hbond substituents is 1. The Morgan fingerprint density at radius 2 is 2.11 bits per heavy atom. The third-order valence-electron chi connectivity index (χ3n) is 2.60. The van der Waals surface area contributed by atoms with Crippen molar-refractivity contribution < 1.29 is 15.0 Å². The van der Waals surface area contributed by atoms with E-state index in [1.807, 2.05) is 19.0 Å². The van der Waals surface area contributed by atoms with Crippen LogP contribution in [0.4, 0.5) is 5.69 Å². The van der Waals surface area contributed by atoms with Gasteiger partial charge in [0, 0.05) is 13.1 Å². The molecule has 1 unspecified atom stereocenters. The molecule has 6 heteroatoms. The number of nitrogens with zero attached hydrogens (tertiary/aromatic N) is 1. The van der Waals surface area contributed by atoms with Gasteiger partial charge in [0.05, 0.1) is 16.9 Å². The fourth-order valence-corrected chi connectivity index (χ4v) is 1.85. The van der Waals surface area contributed by atoms with E-state index in [-0.39, 0.29) is 23.5 Å². The molecule has 0 saturated heterocycles. The van der Waals surface area contributed by atoms with Crippen LogP contribution in [-0.2, 0) is 0 Å². The number of benzene rings is 1. The van der Waals surface area contributed by atoms with Crippen LogP contribution in [0, 0.1) is 0 Å². The number of likely N-dealkylation sites (N-methyl/N-ethyl adjacent to an activating group) is 1. The molecule has 1 aromatic rings. The molecule has 106 valence electrons. The average Bonchev–Trinajstić information content (AvgIpc) is 2.28. The van der Waals surface area contributed by atoms with E-state index in [2.05, 4.69) is 5.32 Å². The molecule has 19 heavy (non-hydrogen) atoms. The number of nitrogens with two attached hydrogens (primary N) is 1. The predicted octanol–water partition coefficient (Wildman–Crippen LogP) is 0.0168. The monoisotopic (exact) mass is 267 g/mol. The first-order chi connectivity index (χ1) is 8.73. The van der Waals surface area contributed by atoms with E-state index >= 15 is 0 Å². The number of amides is 1. The van der Waals surface area contributed by atoms with Crippen molar-refractivity contribution in [2.75, 3.05) is 32.9 Å². The summed E-state index contributed by atoms with van der Waals surface area (Å²) in [6.45, 7) is 2.13. The highest BCUT2D eigenvalue weighted by Gasteiger charge is 2.23. The van der Waals surface area contributed by atoms with Gasteiger partial charge < -0.3 is 26.2 Å². The lowest BCUT2D eigenvalue weighted by Gasteiger charge is -2.27. The van der Waals surface area contributed by atoms with Crippen molar-refractivity contribution >= 4 is 11.6 Å². The van der Waals surface area contributed by atoms with Crippen LogP contribution >= 0.6 is 0 Å². The van der Waals surface area contributed by atoms with Crippen molar-refractivity contribution in [3.05, 3.63) is 23.8 Å². The number of phenols is 1. The highest BCUT2D eigenvalue weighted by molar-refractivity contribution is 5.98. The van der Waals surface area contributed by atoms with Crippen molar-refractivity contribution in [3.8, 4) is 5.75 Å². The van der Waals surface area contributed by atoms with E-state index < -0.39 is 11.5 Å². The smallest absolute Gasteiger partial charge is 0.255 e. The van der Waals surface area contributed by atoms with Gasteiger partial charge in [-0.3, -0.25) is 4.79 Å². The second-order valence-corrected chi connectivity index (χ2v) is 5.16. The molecule has 0 heterocycles. The SMILES string of the molecule is CN(C)CC(C)(O)CNC(=O)c1cccc(N)c1O. The second kappa shape index (κ2) is 5.90. The molecule has 1 amide bonds. The second-order valence-electron chi connectivity index (χ2n) is 5.16. The summed E-state index contributed by atoms with van der Waals surface area (Å²) in [6.07, 6.45) is 0. The standard InChI is InChI=1S/C13H21N3O3/c1-13(19,8-16(2)3)7-15-12(18)9-5-4-6-10(14)11(9)17/h4-6,17,19H,7-8,14H2,1-3H3,(H,15,18). The summed E-state index contributed by atoms with van der Waals surface area (Å²) in [6, 6.07) is 4.57. The summed E-state index contributed by atoms with van der Waals surface area (Å²) >= 11 is 0. The Balaban J connectivity index is 2.68. The number of carbonyl (C=O) groups is 1. The van der Waals surface area contributed by atoms with Gasteiger partial charge in [0.1, 0.15) is 0 Å². The zero-order chi connectivity index (χ0) is 14.6. The van der Waals surface area contributed by atoms with Crippen LogP contribution in [0.5, 0.6) is 5.75 Å². The van der Waals surface area contributed by atoms with Gasteiger partial charge in [-0.2, -0.15) is 0 Å². The first-order valence-electron chi connectivity index (χ1n) is 5.96. The Hall–Kier alpha value is -1.79. The molecule has 0 aliphatic heterocycles. The predicted molar refractivity (Wildman–Crippen MR) is 74.0 cm³/mol. The summed E-state index contributed by atoms with van der Waals surface area (Å²) < 4.78 is 0. The van der Waals surface area contributed by atoms with Gasteiger partial charge in [0.2, 0.25) is 0 Å². The minimum Gasteiger partial charge on any atom is -0.505 e. The summed E-state index contributed by atoms with van der Waals surface area (Å²) in [7, 11) is 3.67. The number of nitrogen functional groups attached to an aromatic ring is 1. The maximum absolute atomic E-state index is 11.9. The number of aliphatic hydroxyl groups is 1. The Morgan fingerprint density at radius 1 is 1.47 bits per heavy atom. The molecule has 0 aliphatic carbocycles. The molecule has 0 radical (unpaired) electrons. The van der Waals surface area contributed by atoms with Gasteiger partial charge in [0.25, 0.3) is 5.91 Å². The molecular formula is C13H21N3O3. The minimum atomic E-state index is -1.05. The Bertz CT molecular complexity index is 458. The number of para-hydroxylation sites is 1. The van der Waals surface area contributed by atoms with Gasteiger partial charge in [0.15, 0.2) is 5.75 Å². The van der Waals surface area contributed by atoms with Crippen LogP contribution in [-0.4, -0.2) is 53.8 Å². The lowest BCUT2D eigenvalue weighted by molar-refractivity contribution is 0.0325. The van der Waals surface area contributed by atoms with E-state index in [1.165, 1.54) is 12.1 Å². The maximum Gasteiger partial charge on any atom is 0.255 e. The maximum atomic E-state index is 11.9. The van der Waals surface area contributed by atoms with Crippen LogP contribution in [0.15, 0.2) is 18.2 Å². The van der Waals surface area contributed by atoms with Crippen molar-refractivity contribution in [2.24, 2.45) is 0 Å². The number of hydrogen-bond acceptors (Lipinski definition) is 5. The number of hydrogen-bond donors (Lipinski definition) is 4. The molecule has 0 saturated carbocycles. The summed E-state index contributed by atoms with van der Waals surface area (Å²) in [5.74, 6) is -0.712. The minimum absolute atomic E-state index is 0.0816. The summed E-state index contributed by atoms with van der Waals surface area (Å²) in [5, 5.41) is 22.3. The first kappa shape index (κ1) is 15.3. The summed E-state index contributed by atoms with van der Waals surface area (Å²) in [4.78, 5) is 13.7. The van der Waals surface area contributed by atoms with Crippen molar-refractivity contribution in [2.45, 2.75) is 12.5 Å². The normalized spacial score (nSPS) is 14.2. The van der Waals surface area contributed by atoms with E-state index in [0.717, 1.165) is 0 Å². The van der Waals surface area contributed by atoms with Crippen LogP contribution in [0.1, 0.15) is 17.3 Å². The quantitative estimate of drug-likeness (QED) is 0.445. The van der Waals surface area contributed by atoms with Crippen molar-refractivity contribution in [1.82, 2.24) is 10.2 Å². The van der Waals surface area contributed by atoms with E-state index in [9.17, 15) is 15.0 Å². The van der Waals surface area contributed by atoms with Crippen molar-refractivity contribution in [1.29, 1.82) is 0 Å². The molecule has 0 spiro atoms. The lowest BCUT2D eigenvalue weighted by Crippen LogP contribution is -2.47. The highest BCUT2D eigenvalue weighted by atomic mass is 16.3. The van der Waals surface area contributed by atoms with Gasteiger partial charge in [-0.25, -0.2) is 0 Å². The first-order valence-corrected chi connectivity index (χ1v) is 5.96. The highest BCUT2D eigenvalue weighted by Crippen LogP contribution is 2.24. The molecule has 1 aromatic carbocycles. The Labute approximate surface area is 112 Å². The molecule has 1 rings (SSSR count). The number of nitrogens with one attached hydrogen (secondary N) is 1. The number of aromatic hydroxyl groups is 1. The van der Waals surface area contributed by atoms with E-state index in [1.54, 1.807) is 13.0 Å². The fraction of sp³-hybridized carbons (Fsp3) is 0.462. The van der Waals surface area contributed by atoms with Crippen LogP contribution in [0.25, 0.3) is 0 Å². The van der Waals surface area contributed by atoms with Gasteiger partial charge >= 0.3 is 0 Å². The van der Waals surface area contributed by atoms with Crippen molar-refractivity contribution in [3.63, 3.8) is 0 Å². The molecule has 0 bridgehead atoms. The lowest BCUT2D eigenvalue weighted by atomic mass is 10.1. The van der Waals surface area contributed by atoms with E-state index in [4.69, 9.17) is 5.73 Å². The van der Waals surface area contributed by atoms with Gasteiger partial charge in [-0.15, -0.1) is 0 Å². The molecule has 0 aromatic heterocycles. The molecule has 1 atom stereocenters. The van der Waals surface area contributed by atoms with Crippen LogP contribution in [0.2, 0.25) is 0 Å². The van der Waals surface area contributed by atoms with Gasteiger partial charge in [-0.1, -0.05) is 6.07 Å². The van der Waals surface area contributed by atoms with Crippen LogP contribution in [0.3, 0.4) is 0 Å². The molecule has 0 fully saturated rings. The van der Waals surface area contributed by atoms with Crippen LogP contribution < -0.4 is 11.1 Å². The number of carbonyl (C=O) groups excluding carboxylic acids is 1. The molecule has 6 nitrogen and oxygen atoms in total. The molecular weight excluding hydrogens is 246 g/mol. The largest absolute Gasteiger partial charge is 0.505 e. The Morgan fingerprint density at radius 3 is 2.68 bits per heavy atom. The average molecular weight is 267 g/mol. The zero-order valence-electron chi connectivity index (χ0n) is 11.5. The molecule has 0 aliphatic rings.